The van der Waals surface area contributed by atoms with E-state index in [1.165, 1.54) is 29.8 Å². The van der Waals surface area contributed by atoms with Crippen molar-refractivity contribution in [2.24, 2.45) is 0 Å². The molecule has 1 aliphatic heterocycles. The molecule has 0 radical (unpaired) electrons. The van der Waals surface area contributed by atoms with Crippen LogP contribution in [0.1, 0.15) is 5.56 Å². The lowest BCUT2D eigenvalue weighted by molar-refractivity contribution is -0.121. The van der Waals surface area contributed by atoms with Crippen LogP contribution in [0.2, 0.25) is 5.02 Å². The molecule has 1 aromatic carbocycles. The molecule has 4 nitrogen and oxygen atoms in total. The maximum atomic E-state index is 12.2. The summed E-state index contributed by atoms with van der Waals surface area (Å²) < 4.78 is 5.51. The van der Waals surface area contributed by atoms with Gasteiger partial charge in [0.15, 0.2) is 11.5 Å². The summed E-state index contributed by atoms with van der Waals surface area (Å²) in [5.74, 6) is 0.0408. The van der Waals surface area contributed by atoms with E-state index in [2.05, 4.69) is 6.58 Å². The second-order valence-electron chi connectivity index (χ2n) is 4.13. The van der Waals surface area contributed by atoms with Gasteiger partial charge >= 0.3 is 0 Å². The minimum absolute atomic E-state index is 0.0566. The Kier molecular flexibility index (Phi) is 4.92. The van der Waals surface area contributed by atoms with Crippen LogP contribution in [0.3, 0.4) is 0 Å². The van der Waals surface area contributed by atoms with Crippen molar-refractivity contribution in [1.29, 1.82) is 0 Å². The predicted octanol–water partition coefficient (Wildman–Crippen LogP) is 3.44. The van der Waals surface area contributed by atoms with Gasteiger partial charge in [-0.05, 0) is 17.7 Å². The fraction of sp³-hybridized carbons (Fsp3) is 0.143. The Morgan fingerprint density at radius 2 is 2.29 bits per heavy atom. The summed E-state index contributed by atoms with van der Waals surface area (Å²) in [4.78, 5) is 14.2. The molecule has 1 amide bonds. The molecule has 1 heterocycles. The molecule has 0 aromatic heterocycles. The fourth-order valence-corrected chi connectivity index (χ4v) is 3.24. The standard InChI is InChI=1S/C14H12ClNO3S2/c1-3-4-16-13(18)12(21-14(16)20)6-8-5-11(19-2)10(17)7-9(8)15/h3,5-7,17H,1,4H2,2H3/b12-6+. The molecule has 0 spiro atoms. The minimum atomic E-state index is -0.187. The molecular formula is C14H12ClNO3S2. The van der Waals surface area contributed by atoms with Gasteiger partial charge in [-0.2, -0.15) is 0 Å². The van der Waals surface area contributed by atoms with Gasteiger partial charge in [0.2, 0.25) is 0 Å². The second kappa shape index (κ2) is 6.51. The van der Waals surface area contributed by atoms with E-state index in [-0.39, 0.29) is 17.4 Å². The first-order valence-electron chi connectivity index (χ1n) is 5.90. The van der Waals surface area contributed by atoms with Crippen LogP contribution in [-0.2, 0) is 4.79 Å². The van der Waals surface area contributed by atoms with Gasteiger partial charge in [0.05, 0.1) is 17.0 Å². The molecule has 0 atom stereocenters. The number of thiocarbonyl (C=S) groups is 1. The fourth-order valence-electron chi connectivity index (χ4n) is 1.76. The Bertz CT molecular complexity index is 658. The average molecular weight is 342 g/mol. The third-order valence-corrected chi connectivity index (χ3v) is 4.48. The molecule has 1 aliphatic rings. The van der Waals surface area contributed by atoms with Crippen LogP contribution in [-0.4, -0.2) is 33.9 Å². The topological polar surface area (TPSA) is 49.8 Å². The van der Waals surface area contributed by atoms with Crippen molar-refractivity contribution < 1.29 is 14.6 Å². The third-order valence-electron chi connectivity index (χ3n) is 2.77. The largest absolute Gasteiger partial charge is 0.504 e. The number of phenolic OH excluding ortho intramolecular Hbond substituents is 1. The van der Waals surface area contributed by atoms with Crippen LogP contribution in [0, 0.1) is 0 Å². The second-order valence-corrected chi connectivity index (χ2v) is 6.21. The van der Waals surface area contributed by atoms with E-state index in [0.29, 0.717) is 26.4 Å². The first kappa shape index (κ1) is 15.9. The number of phenols is 1. The van der Waals surface area contributed by atoms with Gasteiger partial charge in [-0.3, -0.25) is 9.69 Å². The quantitative estimate of drug-likeness (QED) is 0.516. The molecule has 110 valence electrons. The molecule has 2 rings (SSSR count). The minimum Gasteiger partial charge on any atom is -0.504 e. The number of thioether (sulfide) groups is 1. The number of amides is 1. The maximum Gasteiger partial charge on any atom is 0.266 e. The summed E-state index contributed by atoms with van der Waals surface area (Å²) in [6.07, 6.45) is 3.25. The first-order chi connectivity index (χ1) is 9.97. The van der Waals surface area contributed by atoms with Crippen molar-refractivity contribution in [2.45, 2.75) is 0 Å². The highest BCUT2D eigenvalue weighted by Gasteiger charge is 2.31. The normalized spacial score (nSPS) is 16.7. The molecule has 0 bridgehead atoms. The van der Waals surface area contributed by atoms with Crippen molar-refractivity contribution in [3.63, 3.8) is 0 Å². The lowest BCUT2D eigenvalue weighted by Crippen LogP contribution is -2.27. The Morgan fingerprint density at radius 1 is 1.57 bits per heavy atom. The van der Waals surface area contributed by atoms with Gasteiger partial charge in [-0.25, -0.2) is 0 Å². The van der Waals surface area contributed by atoms with E-state index in [4.69, 9.17) is 28.6 Å². The monoisotopic (exact) mass is 341 g/mol. The van der Waals surface area contributed by atoms with Crippen molar-refractivity contribution in [3.8, 4) is 11.5 Å². The zero-order valence-corrected chi connectivity index (χ0v) is 13.5. The number of aromatic hydroxyl groups is 1. The summed E-state index contributed by atoms with van der Waals surface area (Å²) in [7, 11) is 1.44. The van der Waals surface area contributed by atoms with Gasteiger partial charge in [0, 0.05) is 12.6 Å². The lowest BCUT2D eigenvalue weighted by Gasteiger charge is -2.10. The van der Waals surface area contributed by atoms with Crippen molar-refractivity contribution in [3.05, 3.63) is 40.3 Å². The molecule has 0 unspecified atom stereocenters. The first-order valence-corrected chi connectivity index (χ1v) is 7.51. The van der Waals surface area contributed by atoms with Crippen LogP contribution < -0.4 is 4.74 Å². The molecule has 0 saturated carbocycles. The lowest BCUT2D eigenvalue weighted by atomic mass is 10.2. The Labute approximate surface area is 137 Å². The van der Waals surface area contributed by atoms with E-state index in [9.17, 15) is 9.90 Å². The summed E-state index contributed by atoms with van der Waals surface area (Å²) in [6, 6.07) is 2.94. The van der Waals surface area contributed by atoms with Gasteiger partial charge in [-0.1, -0.05) is 41.7 Å². The number of nitrogens with zero attached hydrogens (tertiary/aromatic N) is 1. The number of hydrogen-bond acceptors (Lipinski definition) is 5. The van der Waals surface area contributed by atoms with Crippen molar-refractivity contribution in [1.82, 2.24) is 4.90 Å². The zero-order valence-electron chi connectivity index (χ0n) is 11.1. The molecule has 1 aromatic rings. The van der Waals surface area contributed by atoms with Gasteiger partial charge in [-0.15, -0.1) is 6.58 Å². The van der Waals surface area contributed by atoms with Gasteiger partial charge in [0.1, 0.15) is 4.32 Å². The number of methoxy groups -OCH3 is 1. The van der Waals surface area contributed by atoms with Crippen molar-refractivity contribution >= 4 is 51.9 Å². The third kappa shape index (κ3) is 3.23. The number of benzene rings is 1. The predicted molar refractivity (Wildman–Crippen MR) is 89.7 cm³/mol. The van der Waals surface area contributed by atoms with Crippen LogP contribution in [0.25, 0.3) is 6.08 Å². The Hall–Kier alpha value is -1.50. The zero-order chi connectivity index (χ0) is 15.6. The smallest absolute Gasteiger partial charge is 0.266 e. The van der Waals surface area contributed by atoms with E-state index in [1.807, 2.05) is 0 Å². The molecule has 1 N–H and O–H groups in total. The number of halogens is 1. The van der Waals surface area contributed by atoms with E-state index in [1.54, 1.807) is 18.2 Å². The molecule has 1 fully saturated rings. The molecule has 7 heteroatoms. The van der Waals surface area contributed by atoms with Gasteiger partial charge in [0.25, 0.3) is 5.91 Å². The number of hydrogen-bond donors (Lipinski definition) is 1. The number of carbonyl (C=O) groups excluding carboxylic acids is 1. The van der Waals surface area contributed by atoms with Crippen molar-refractivity contribution in [2.75, 3.05) is 13.7 Å². The molecular weight excluding hydrogens is 330 g/mol. The van der Waals surface area contributed by atoms with Crippen LogP contribution >= 0.6 is 35.6 Å². The highest BCUT2D eigenvalue weighted by molar-refractivity contribution is 8.26. The Morgan fingerprint density at radius 3 is 2.90 bits per heavy atom. The van der Waals surface area contributed by atoms with E-state index >= 15 is 0 Å². The van der Waals surface area contributed by atoms with Crippen LogP contribution in [0.5, 0.6) is 11.5 Å². The average Bonchev–Trinajstić information content (AvgIpc) is 2.70. The molecule has 21 heavy (non-hydrogen) atoms. The van der Waals surface area contributed by atoms with E-state index in [0.717, 1.165) is 0 Å². The summed E-state index contributed by atoms with van der Waals surface area (Å²) >= 11 is 12.4. The van der Waals surface area contributed by atoms with Crippen LogP contribution in [0.4, 0.5) is 0 Å². The highest BCUT2D eigenvalue weighted by atomic mass is 35.5. The molecule has 0 aliphatic carbocycles. The van der Waals surface area contributed by atoms with Crippen LogP contribution in [0.15, 0.2) is 29.7 Å². The number of carbonyl (C=O) groups is 1. The maximum absolute atomic E-state index is 12.2. The Balaban J connectivity index is 2.39. The summed E-state index contributed by atoms with van der Waals surface area (Å²) in [6.45, 7) is 3.97. The van der Waals surface area contributed by atoms with E-state index < -0.39 is 0 Å². The highest BCUT2D eigenvalue weighted by Crippen LogP contribution is 2.37. The number of rotatable bonds is 4. The SMILES string of the molecule is C=CCN1C(=O)/C(=C\c2cc(OC)c(O)cc2Cl)SC1=S. The number of ether oxygens (including phenoxy) is 1. The van der Waals surface area contributed by atoms with Gasteiger partial charge < -0.3 is 9.84 Å². The summed E-state index contributed by atoms with van der Waals surface area (Å²) in [5, 5.41) is 9.96. The molecule has 1 saturated heterocycles. The summed E-state index contributed by atoms with van der Waals surface area (Å²) in [5.41, 5.74) is 0.574.